The molecule has 0 unspecified atom stereocenters. The zero-order chi connectivity index (χ0) is 14.1. The molecule has 6 heteroatoms. The van der Waals surface area contributed by atoms with Crippen molar-refractivity contribution in [2.75, 3.05) is 11.4 Å². The fourth-order valence-electron chi connectivity index (χ4n) is 2.35. The van der Waals surface area contributed by atoms with Gasteiger partial charge in [-0.3, -0.25) is 4.79 Å². The van der Waals surface area contributed by atoms with Crippen LogP contribution in [0.2, 0.25) is 0 Å². The first-order valence-electron chi connectivity index (χ1n) is 6.26. The fraction of sp³-hybridized carbons (Fsp3) is 0.214. The molecular formula is C14H12N2O4. The lowest BCUT2D eigenvalue weighted by atomic mass is 10.0. The number of fused-ring (bicyclic) bond motifs is 1. The zero-order valence-corrected chi connectivity index (χ0v) is 10.6. The standard InChI is InChI=1S/C14H12N2O4/c17-13(12-8-10(14(18)19)15-20-12)16-7-3-5-9-4-1-2-6-11(9)16/h1-2,4,6,8H,3,5,7H2,(H,18,19). The van der Waals surface area contributed by atoms with E-state index < -0.39 is 5.97 Å². The Bertz CT molecular complexity index is 677. The number of aryl methyl sites for hydroxylation is 1. The van der Waals surface area contributed by atoms with Gasteiger partial charge in [-0.05, 0) is 24.5 Å². The summed E-state index contributed by atoms with van der Waals surface area (Å²) in [5.74, 6) is -1.64. The summed E-state index contributed by atoms with van der Waals surface area (Å²) in [4.78, 5) is 24.8. The van der Waals surface area contributed by atoms with Gasteiger partial charge in [-0.2, -0.15) is 0 Å². The lowest BCUT2D eigenvalue weighted by Gasteiger charge is -2.28. The molecule has 102 valence electrons. The summed E-state index contributed by atoms with van der Waals surface area (Å²) >= 11 is 0. The van der Waals surface area contributed by atoms with Gasteiger partial charge in [-0.25, -0.2) is 4.79 Å². The van der Waals surface area contributed by atoms with Gasteiger partial charge in [-0.1, -0.05) is 23.4 Å². The quantitative estimate of drug-likeness (QED) is 0.903. The molecule has 1 aliphatic heterocycles. The molecule has 1 aromatic carbocycles. The highest BCUT2D eigenvalue weighted by Crippen LogP contribution is 2.28. The number of carbonyl (C=O) groups is 2. The second kappa shape index (κ2) is 4.80. The number of amides is 1. The van der Waals surface area contributed by atoms with Gasteiger partial charge in [0.2, 0.25) is 5.76 Å². The van der Waals surface area contributed by atoms with E-state index in [4.69, 9.17) is 9.63 Å². The summed E-state index contributed by atoms with van der Waals surface area (Å²) in [5.41, 5.74) is 1.68. The Morgan fingerprint density at radius 3 is 2.85 bits per heavy atom. The van der Waals surface area contributed by atoms with Crippen molar-refractivity contribution in [1.82, 2.24) is 5.16 Å². The SMILES string of the molecule is O=C(O)c1cc(C(=O)N2CCCc3ccccc32)on1. The third-order valence-corrected chi connectivity index (χ3v) is 3.30. The molecular weight excluding hydrogens is 260 g/mol. The molecule has 0 radical (unpaired) electrons. The number of carboxylic acids is 1. The first-order chi connectivity index (χ1) is 9.66. The molecule has 0 fully saturated rings. The van der Waals surface area contributed by atoms with E-state index in [1.807, 2.05) is 24.3 Å². The van der Waals surface area contributed by atoms with Crippen molar-refractivity contribution in [1.29, 1.82) is 0 Å². The first-order valence-corrected chi connectivity index (χ1v) is 6.26. The number of hydrogen-bond acceptors (Lipinski definition) is 4. The van der Waals surface area contributed by atoms with E-state index in [2.05, 4.69) is 5.16 Å². The van der Waals surface area contributed by atoms with Crippen molar-refractivity contribution in [3.8, 4) is 0 Å². The largest absolute Gasteiger partial charge is 0.476 e. The third kappa shape index (κ3) is 2.05. The summed E-state index contributed by atoms with van der Waals surface area (Å²) in [7, 11) is 0. The maximum absolute atomic E-state index is 12.4. The summed E-state index contributed by atoms with van der Waals surface area (Å²) in [6.45, 7) is 0.582. The molecule has 2 heterocycles. The van der Waals surface area contributed by atoms with E-state index >= 15 is 0 Å². The van der Waals surface area contributed by atoms with E-state index in [0.29, 0.717) is 6.54 Å². The number of hydrogen-bond donors (Lipinski definition) is 1. The molecule has 6 nitrogen and oxygen atoms in total. The van der Waals surface area contributed by atoms with Crippen LogP contribution in [0.5, 0.6) is 0 Å². The van der Waals surface area contributed by atoms with Gasteiger partial charge < -0.3 is 14.5 Å². The van der Waals surface area contributed by atoms with Gasteiger partial charge in [-0.15, -0.1) is 0 Å². The number of benzene rings is 1. The van der Waals surface area contributed by atoms with Crippen LogP contribution in [0.1, 0.15) is 33.0 Å². The van der Waals surface area contributed by atoms with Crippen molar-refractivity contribution in [3.05, 3.63) is 47.3 Å². The Morgan fingerprint density at radius 2 is 2.10 bits per heavy atom. The molecule has 1 amide bonds. The second-order valence-electron chi connectivity index (χ2n) is 4.57. The normalized spacial score (nSPS) is 13.9. The number of nitrogens with zero attached hydrogens (tertiary/aromatic N) is 2. The monoisotopic (exact) mass is 272 g/mol. The van der Waals surface area contributed by atoms with E-state index in [1.54, 1.807) is 4.90 Å². The Labute approximate surface area is 114 Å². The Morgan fingerprint density at radius 1 is 1.30 bits per heavy atom. The number of anilines is 1. The van der Waals surface area contributed by atoms with E-state index in [-0.39, 0.29) is 17.4 Å². The van der Waals surface area contributed by atoms with Crippen LogP contribution in [-0.2, 0) is 6.42 Å². The third-order valence-electron chi connectivity index (χ3n) is 3.30. The average Bonchev–Trinajstić information content (AvgIpc) is 2.96. The highest BCUT2D eigenvalue weighted by atomic mass is 16.5. The number of aromatic nitrogens is 1. The number of carbonyl (C=O) groups excluding carboxylic acids is 1. The van der Waals surface area contributed by atoms with Gasteiger partial charge in [0.15, 0.2) is 5.69 Å². The van der Waals surface area contributed by atoms with E-state index in [1.165, 1.54) is 0 Å². The van der Waals surface area contributed by atoms with Crippen molar-refractivity contribution >= 4 is 17.6 Å². The van der Waals surface area contributed by atoms with Crippen LogP contribution in [0.4, 0.5) is 5.69 Å². The molecule has 0 spiro atoms. The number of aromatic carboxylic acids is 1. The summed E-state index contributed by atoms with van der Waals surface area (Å²) in [6.07, 6.45) is 1.79. The lowest BCUT2D eigenvalue weighted by molar-refractivity contribution is 0.0684. The van der Waals surface area contributed by atoms with Crippen LogP contribution in [0.3, 0.4) is 0 Å². The van der Waals surface area contributed by atoms with Crippen LogP contribution in [0.25, 0.3) is 0 Å². The van der Waals surface area contributed by atoms with Gasteiger partial charge >= 0.3 is 5.97 Å². The molecule has 1 aromatic heterocycles. The van der Waals surface area contributed by atoms with Crippen LogP contribution >= 0.6 is 0 Å². The van der Waals surface area contributed by atoms with Crippen molar-refractivity contribution < 1.29 is 19.2 Å². The van der Waals surface area contributed by atoms with Crippen LogP contribution in [-0.4, -0.2) is 28.7 Å². The summed E-state index contributed by atoms with van der Waals surface area (Å²) < 4.78 is 4.83. The highest BCUT2D eigenvalue weighted by molar-refractivity contribution is 6.05. The Hall–Kier alpha value is -2.63. The van der Waals surface area contributed by atoms with Crippen molar-refractivity contribution in [2.24, 2.45) is 0 Å². The Balaban J connectivity index is 1.93. The molecule has 0 bridgehead atoms. The maximum atomic E-state index is 12.4. The molecule has 0 saturated carbocycles. The van der Waals surface area contributed by atoms with Gasteiger partial charge in [0, 0.05) is 18.3 Å². The summed E-state index contributed by atoms with van der Waals surface area (Å²) in [5, 5.41) is 12.2. The molecule has 3 rings (SSSR count). The topological polar surface area (TPSA) is 83.6 Å². The second-order valence-corrected chi connectivity index (χ2v) is 4.57. The van der Waals surface area contributed by atoms with Gasteiger partial charge in [0.05, 0.1) is 0 Å². The number of carboxylic acid groups (broad SMARTS) is 1. The Kier molecular flexibility index (Phi) is 2.98. The minimum absolute atomic E-state index is 0.0564. The molecule has 0 atom stereocenters. The molecule has 1 N–H and O–H groups in total. The van der Waals surface area contributed by atoms with E-state index in [0.717, 1.165) is 30.2 Å². The molecule has 0 saturated heterocycles. The van der Waals surface area contributed by atoms with Gasteiger partial charge in [0.1, 0.15) is 0 Å². The highest BCUT2D eigenvalue weighted by Gasteiger charge is 2.26. The lowest BCUT2D eigenvalue weighted by Crippen LogP contribution is -2.35. The predicted molar refractivity (Wildman–Crippen MR) is 69.9 cm³/mol. The smallest absolute Gasteiger partial charge is 0.358 e. The zero-order valence-electron chi connectivity index (χ0n) is 10.6. The van der Waals surface area contributed by atoms with Crippen molar-refractivity contribution in [2.45, 2.75) is 12.8 Å². The van der Waals surface area contributed by atoms with Gasteiger partial charge in [0.25, 0.3) is 5.91 Å². The van der Waals surface area contributed by atoms with Crippen LogP contribution in [0, 0.1) is 0 Å². The van der Waals surface area contributed by atoms with Crippen LogP contribution < -0.4 is 4.90 Å². The predicted octanol–water partition coefficient (Wildman–Crippen LogP) is 1.97. The first kappa shape index (κ1) is 12.4. The number of rotatable bonds is 2. The van der Waals surface area contributed by atoms with Crippen LogP contribution in [0.15, 0.2) is 34.9 Å². The number of para-hydroxylation sites is 1. The molecule has 1 aliphatic rings. The maximum Gasteiger partial charge on any atom is 0.358 e. The fourth-order valence-corrected chi connectivity index (χ4v) is 2.35. The minimum atomic E-state index is -1.22. The minimum Gasteiger partial charge on any atom is -0.476 e. The molecule has 20 heavy (non-hydrogen) atoms. The van der Waals surface area contributed by atoms with Crippen molar-refractivity contribution in [3.63, 3.8) is 0 Å². The summed E-state index contributed by atoms with van der Waals surface area (Å²) in [6, 6.07) is 8.82. The average molecular weight is 272 g/mol. The molecule has 0 aliphatic carbocycles. The van der Waals surface area contributed by atoms with E-state index in [9.17, 15) is 9.59 Å². The molecule has 2 aromatic rings.